The van der Waals surface area contributed by atoms with E-state index < -0.39 is 5.54 Å². The Balaban J connectivity index is 2.06. The molecule has 104 valence electrons. The molecule has 0 radical (unpaired) electrons. The molecule has 2 aliphatic carbocycles. The number of nitrogens with one attached hydrogen (secondary N) is 1. The molecule has 0 amide bonds. The van der Waals surface area contributed by atoms with Gasteiger partial charge >= 0.3 is 5.97 Å². The van der Waals surface area contributed by atoms with Crippen molar-refractivity contribution < 1.29 is 9.53 Å². The summed E-state index contributed by atoms with van der Waals surface area (Å²) in [6.45, 7) is 4.59. The average Bonchev–Trinajstić information content (AvgIpc) is 2.84. The van der Waals surface area contributed by atoms with Gasteiger partial charge in [-0.05, 0) is 43.9 Å². The smallest absolute Gasteiger partial charge is 0.326 e. The molecule has 2 fully saturated rings. The Labute approximate surface area is 111 Å². The third-order valence-electron chi connectivity index (χ3n) is 4.87. The zero-order valence-corrected chi connectivity index (χ0v) is 12.1. The first-order chi connectivity index (χ1) is 8.47. The van der Waals surface area contributed by atoms with Crippen LogP contribution in [-0.4, -0.2) is 24.7 Å². The molecule has 0 aliphatic heterocycles. The lowest BCUT2D eigenvalue weighted by Crippen LogP contribution is -2.58. The minimum atomic E-state index is -0.403. The van der Waals surface area contributed by atoms with Gasteiger partial charge in [0.05, 0.1) is 7.11 Å². The minimum Gasteiger partial charge on any atom is -0.468 e. The highest BCUT2D eigenvalue weighted by molar-refractivity contribution is 5.81. The summed E-state index contributed by atoms with van der Waals surface area (Å²) >= 11 is 0. The SMILES string of the molecule is COC(=O)C1(NC2CCCC2)CCC(C)(C)CC1. The number of ether oxygens (including phenoxy) is 1. The van der Waals surface area contributed by atoms with Crippen molar-refractivity contribution in [2.45, 2.75) is 76.8 Å². The summed E-state index contributed by atoms with van der Waals surface area (Å²) in [4.78, 5) is 12.2. The molecule has 0 unspecified atom stereocenters. The summed E-state index contributed by atoms with van der Waals surface area (Å²) in [5, 5.41) is 3.65. The Morgan fingerprint density at radius 3 is 2.17 bits per heavy atom. The van der Waals surface area contributed by atoms with Crippen LogP contribution < -0.4 is 5.32 Å². The van der Waals surface area contributed by atoms with Gasteiger partial charge in [0.25, 0.3) is 0 Å². The molecule has 3 heteroatoms. The summed E-state index contributed by atoms with van der Waals surface area (Å²) in [5.41, 5.74) is -0.0336. The third-order valence-corrected chi connectivity index (χ3v) is 4.87. The Morgan fingerprint density at radius 2 is 1.67 bits per heavy atom. The molecule has 0 aromatic carbocycles. The standard InChI is InChI=1S/C15H27NO2/c1-14(2)8-10-15(11-9-14,13(17)18-3)16-12-6-4-5-7-12/h12,16H,4-11H2,1-3H3. The summed E-state index contributed by atoms with van der Waals surface area (Å²) in [6, 6.07) is 0.519. The van der Waals surface area contributed by atoms with Gasteiger partial charge < -0.3 is 4.74 Å². The zero-order chi connectivity index (χ0) is 13.2. The summed E-state index contributed by atoms with van der Waals surface area (Å²) < 4.78 is 5.07. The average molecular weight is 253 g/mol. The maximum atomic E-state index is 12.2. The number of methoxy groups -OCH3 is 1. The zero-order valence-electron chi connectivity index (χ0n) is 12.1. The van der Waals surface area contributed by atoms with E-state index in [0.29, 0.717) is 11.5 Å². The fourth-order valence-corrected chi connectivity index (χ4v) is 3.42. The van der Waals surface area contributed by atoms with E-state index in [2.05, 4.69) is 19.2 Å². The van der Waals surface area contributed by atoms with E-state index in [-0.39, 0.29) is 5.97 Å². The van der Waals surface area contributed by atoms with Crippen LogP contribution in [0, 0.1) is 5.41 Å². The fourth-order valence-electron chi connectivity index (χ4n) is 3.42. The van der Waals surface area contributed by atoms with Crippen molar-refractivity contribution in [2.24, 2.45) is 5.41 Å². The number of carbonyl (C=O) groups excluding carboxylic acids is 1. The van der Waals surface area contributed by atoms with Crippen LogP contribution in [0.1, 0.15) is 65.2 Å². The van der Waals surface area contributed by atoms with Crippen LogP contribution in [0.15, 0.2) is 0 Å². The summed E-state index contributed by atoms with van der Waals surface area (Å²) in [6.07, 6.45) is 9.04. The first kappa shape index (κ1) is 13.9. The van der Waals surface area contributed by atoms with Crippen molar-refractivity contribution in [1.82, 2.24) is 5.32 Å². The van der Waals surface area contributed by atoms with E-state index >= 15 is 0 Å². The Morgan fingerprint density at radius 1 is 1.11 bits per heavy atom. The molecule has 1 N–H and O–H groups in total. The van der Waals surface area contributed by atoms with Gasteiger partial charge in [0.1, 0.15) is 5.54 Å². The molecule has 0 aromatic rings. The van der Waals surface area contributed by atoms with Gasteiger partial charge in [-0.3, -0.25) is 10.1 Å². The fraction of sp³-hybridized carbons (Fsp3) is 0.933. The normalized spacial score (nSPS) is 27.1. The van der Waals surface area contributed by atoms with Crippen molar-refractivity contribution in [3.05, 3.63) is 0 Å². The Hall–Kier alpha value is -0.570. The first-order valence-corrected chi connectivity index (χ1v) is 7.34. The maximum Gasteiger partial charge on any atom is 0.326 e. The van der Waals surface area contributed by atoms with Crippen LogP contribution in [0.25, 0.3) is 0 Å². The van der Waals surface area contributed by atoms with E-state index in [1.807, 2.05) is 0 Å². The molecule has 2 saturated carbocycles. The predicted molar refractivity (Wildman–Crippen MR) is 72.4 cm³/mol. The van der Waals surface area contributed by atoms with Crippen molar-refractivity contribution in [2.75, 3.05) is 7.11 Å². The van der Waals surface area contributed by atoms with E-state index in [9.17, 15) is 4.79 Å². The summed E-state index contributed by atoms with van der Waals surface area (Å²) in [7, 11) is 1.51. The quantitative estimate of drug-likeness (QED) is 0.786. The van der Waals surface area contributed by atoms with Crippen molar-refractivity contribution >= 4 is 5.97 Å². The molecule has 2 aliphatic rings. The van der Waals surface area contributed by atoms with Gasteiger partial charge in [0, 0.05) is 6.04 Å². The number of hydrogen-bond donors (Lipinski definition) is 1. The highest BCUT2D eigenvalue weighted by Gasteiger charge is 2.46. The van der Waals surface area contributed by atoms with Gasteiger partial charge in [-0.1, -0.05) is 26.7 Å². The van der Waals surface area contributed by atoms with E-state index in [0.717, 1.165) is 25.7 Å². The topological polar surface area (TPSA) is 38.3 Å². The van der Waals surface area contributed by atoms with Crippen LogP contribution >= 0.6 is 0 Å². The van der Waals surface area contributed by atoms with Crippen molar-refractivity contribution in [1.29, 1.82) is 0 Å². The highest BCUT2D eigenvalue weighted by Crippen LogP contribution is 2.41. The second kappa shape index (κ2) is 5.20. The molecular weight excluding hydrogens is 226 g/mol. The van der Waals surface area contributed by atoms with Crippen LogP contribution in [0.5, 0.6) is 0 Å². The van der Waals surface area contributed by atoms with Gasteiger partial charge in [0.2, 0.25) is 0 Å². The molecule has 0 atom stereocenters. The number of esters is 1. The van der Waals surface area contributed by atoms with Gasteiger partial charge in [-0.15, -0.1) is 0 Å². The molecule has 18 heavy (non-hydrogen) atoms. The number of rotatable bonds is 3. The lowest BCUT2D eigenvalue weighted by molar-refractivity contribution is -0.151. The van der Waals surface area contributed by atoms with Gasteiger partial charge in [0.15, 0.2) is 0 Å². The van der Waals surface area contributed by atoms with Crippen LogP contribution in [0.4, 0.5) is 0 Å². The van der Waals surface area contributed by atoms with Gasteiger partial charge in [-0.2, -0.15) is 0 Å². The first-order valence-electron chi connectivity index (χ1n) is 7.34. The molecule has 0 spiro atoms. The lowest BCUT2D eigenvalue weighted by atomic mass is 9.69. The van der Waals surface area contributed by atoms with Gasteiger partial charge in [-0.25, -0.2) is 0 Å². The molecule has 0 aromatic heterocycles. The molecule has 0 bridgehead atoms. The van der Waals surface area contributed by atoms with Crippen molar-refractivity contribution in [3.8, 4) is 0 Å². The third kappa shape index (κ3) is 2.87. The van der Waals surface area contributed by atoms with E-state index in [4.69, 9.17) is 4.74 Å². The monoisotopic (exact) mass is 253 g/mol. The van der Waals surface area contributed by atoms with Crippen molar-refractivity contribution in [3.63, 3.8) is 0 Å². The maximum absolute atomic E-state index is 12.2. The molecule has 2 rings (SSSR count). The van der Waals surface area contributed by atoms with E-state index in [1.165, 1.54) is 32.8 Å². The van der Waals surface area contributed by atoms with Crippen LogP contribution in [0.2, 0.25) is 0 Å². The number of hydrogen-bond acceptors (Lipinski definition) is 3. The number of carbonyl (C=O) groups is 1. The Kier molecular flexibility index (Phi) is 4.00. The summed E-state index contributed by atoms with van der Waals surface area (Å²) in [5.74, 6) is -0.0510. The second-order valence-corrected chi connectivity index (χ2v) is 6.86. The second-order valence-electron chi connectivity index (χ2n) is 6.86. The van der Waals surface area contributed by atoms with Crippen LogP contribution in [0.3, 0.4) is 0 Å². The predicted octanol–water partition coefficient (Wildman–Crippen LogP) is 3.03. The largest absolute Gasteiger partial charge is 0.468 e. The lowest BCUT2D eigenvalue weighted by Gasteiger charge is -2.43. The molecule has 3 nitrogen and oxygen atoms in total. The molecular formula is C15H27NO2. The van der Waals surface area contributed by atoms with E-state index in [1.54, 1.807) is 0 Å². The highest BCUT2D eigenvalue weighted by atomic mass is 16.5. The van der Waals surface area contributed by atoms with Crippen LogP contribution in [-0.2, 0) is 9.53 Å². The molecule has 0 heterocycles. The molecule has 0 saturated heterocycles. The minimum absolute atomic E-state index is 0.0510. The Bertz CT molecular complexity index is 296.